The van der Waals surface area contributed by atoms with Crippen LogP contribution in [0, 0.1) is 0 Å². The molecule has 0 spiro atoms. The van der Waals surface area contributed by atoms with Crippen molar-refractivity contribution in [2.24, 2.45) is 0 Å². The van der Waals surface area contributed by atoms with Gasteiger partial charge in [-0.1, -0.05) is 0 Å². The van der Waals surface area contributed by atoms with Gasteiger partial charge in [0.1, 0.15) is 0 Å². The summed E-state index contributed by atoms with van der Waals surface area (Å²) < 4.78 is 0. The topological polar surface area (TPSA) is 0 Å². The molecular formula is C12H10SSe2. The molecular weight excluding hydrogens is 334 g/mol. The molecule has 2 aromatic rings. The average molecular weight is 344 g/mol. The van der Waals surface area contributed by atoms with Crippen molar-refractivity contribution in [3.05, 3.63) is 60.7 Å². The van der Waals surface area contributed by atoms with Crippen LogP contribution in [0.5, 0.6) is 0 Å². The molecule has 0 saturated carbocycles. The summed E-state index contributed by atoms with van der Waals surface area (Å²) >= 11 is 6.63. The van der Waals surface area contributed by atoms with Gasteiger partial charge in [0, 0.05) is 0 Å². The molecule has 0 fully saturated rings. The zero-order valence-corrected chi connectivity index (χ0v) is 12.2. The molecule has 0 amide bonds. The zero-order valence-electron chi connectivity index (χ0n) is 8.00. The van der Waals surface area contributed by atoms with Crippen molar-refractivity contribution < 1.29 is 0 Å². The van der Waals surface area contributed by atoms with E-state index in [1.54, 1.807) is 0 Å². The van der Waals surface area contributed by atoms with E-state index in [4.69, 9.17) is 0 Å². The summed E-state index contributed by atoms with van der Waals surface area (Å²) in [7, 11) is 0. The molecule has 76 valence electrons. The van der Waals surface area contributed by atoms with Gasteiger partial charge in [0.25, 0.3) is 0 Å². The fraction of sp³-hybridized carbons (Fsp3) is 0. The second-order valence-electron chi connectivity index (χ2n) is 3.13. The van der Waals surface area contributed by atoms with Crippen LogP contribution in [0.25, 0.3) is 0 Å². The van der Waals surface area contributed by atoms with Crippen molar-refractivity contribution >= 4 is 34.6 Å². The summed E-state index contributed by atoms with van der Waals surface area (Å²) in [6.07, 6.45) is 0. The van der Waals surface area contributed by atoms with E-state index in [2.05, 4.69) is 77.3 Å². The first kappa shape index (κ1) is 11.3. The predicted molar refractivity (Wildman–Crippen MR) is 68.5 cm³/mol. The molecule has 0 radical (unpaired) electrons. The SMILES string of the molecule is [Se]=S(=[Se])(c1ccccc1)c1ccccc1. The van der Waals surface area contributed by atoms with Crippen molar-refractivity contribution in [1.82, 2.24) is 0 Å². The Bertz CT molecular complexity index is 485. The number of benzene rings is 2. The molecule has 0 N–H and O–H groups in total. The van der Waals surface area contributed by atoms with Gasteiger partial charge in [-0.05, 0) is 0 Å². The maximum atomic E-state index is 3.31. The Hall–Kier alpha value is -0.171. The van der Waals surface area contributed by atoms with Crippen LogP contribution in [0.15, 0.2) is 70.5 Å². The Morgan fingerprint density at radius 3 is 1.27 bits per heavy atom. The Morgan fingerprint density at radius 1 is 0.600 bits per heavy atom. The summed E-state index contributed by atoms with van der Waals surface area (Å²) in [4.78, 5) is 2.66. The van der Waals surface area contributed by atoms with Crippen LogP contribution in [-0.2, 0) is 0 Å². The standard InChI is InChI=1S/C12H10SSe2/c14-13(15,11-7-3-1-4-8-11)12-9-5-2-6-10-12/h1-10H. The third-order valence-corrected chi connectivity index (χ3v) is 8.74. The first-order chi connectivity index (χ1) is 7.21. The fourth-order valence-corrected chi connectivity index (χ4v) is 5.44. The van der Waals surface area contributed by atoms with Crippen molar-refractivity contribution in [2.75, 3.05) is 0 Å². The summed E-state index contributed by atoms with van der Waals surface area (Å²) in [5.41, 5.74) is 0. The first-order valence-corrected chi connectivity index (χ1v) is 10.2. The van der Waals surface area contributed by atoms with E-state index < -0.39 is 5.88 Å². The third-order valence-electron chi connectivity index (χ3n) is 2.11. The minimum atomic E-state index is -1.09. The minimum absolute atomic E-state index is 1.09. The van der Waals surface area contributed by atoms with Gasteiger partial charge in [0.05, 0.1) is 0 Å². The van der Waals surface area contributed by atoms with E-state index in [1.807, 2.05) is 12.1 Å². The Morgan fingerprint density at radius 2 is 0.933 bits per heavy atom. The Balaban J connectivity index is 2.55. The molecule has 0 heterocycles. The monoisotopic (exact) mass is 346 g/mol. The van der Waals surface area contributed by atoms with Crippen LogP contribution in [-0.4, -0.2) is 28.8 Å². The van der Waals surface area contributed by atoms with Gasteiger partial charge < -0.3 is 0 Å². The molecule has 0 atom stereocenters. The molecule has 2 aromatic carbocycles. The van der Waals surface area contributed by atoms with Gasteiger partial charge in [-0.25, -0.2) is 0 Å². The summed E-state index contributed by atoms with van der Waals surface area (Å²) in [5.74, 6) is -1.09. The molecule has 0 aliphatic rings. The normalized spacial score (nSPS) is 11.2. The van der Waals surface area contributed by atoms with Gasteiger partial charge >= 0.3 is 105 Å². The molecule has 0 nitrogen and oxygen atoms in total. The molecule has 0 aromatic heterocycles. The van der Waals surface area contributed by atoms with Crippen LogP contribution >= 0.6 is 5.88 Å². The molecule has 3 heteroatoms. The number of hydrogen-bond donors (Lipinski definition) is 0. The molecule has 2 rings (SSSR count). The molecule has 0 unspecified atom stereocenters. The zero-order chi connectivity index (χ0) is 10.7. The van der Waals surface area contributed by atoms with Crippen LogP contribution in [0.4, 0.5) is 0 Å². The molecule has 0 saturated heterocycles. The average Bonchev–Trinajstić information content (AvgIpc) is 2.31. The molecule has 15 heavy (non-hydrogen) atoms. The van der Waals surface area contributed by atoms with E-state index in [0.29, 0.717) is 0 Å². The fourth-order valence-electron chi connectivity index (χ4n) is 1.34. The van der Waals surface area contributed by atoms with Crippen LogP contribution in [0.2, 0.25) is 0 Å². The van der Waals surface area contributed by atoms with Gasteiger partial charge in [-0.2, -0.15) is 0 Å². The quantitative estimate of drug-likeness (QED) is 0.735. The van der Waals surface area contributed by atoms with E-state index in [0.717, 1.165) is 0 Å². The van der Waals surface area contributed by atoms with Gasteiger partial charge in [-0.3, -0.25) is 0 Å². The van der Waals surface area contributed by atoms with Crippen LogP contribution < -0.4 is 0 Å². The van der Waals surface area contributed by atoms with Crippen molar-refractivity contribution in [3.8, 4) is 0 Å². The van der Waals surface area contributed by atoms with Crippen molar-refractivity contribution in [3.63, 3.8) is 0 Å². The van der Waals surface area contributed by atoms with E-state index in [1.165, 1.54) is 9.79 Å². The summed E-state index contributed by atoms with van der Waals surface area (Å²) in [5, 5.41) is 0. The Labute approximate surface area is 105 Å². The summed E-state index contributed by atoms with van der Waals surface area (Å²) in [6.45, 7) is 0. The van der Waals surface area contributed by atoms with Crippen molar-refractivity contribution in [2.45, 2.75) is 9.79 Å². The number of rotatable bonds is 2. The van der Waals surface area contributed by atoms with E-state index in [-0.39, 0.29) is 0 Å². The number of hydrogen-bond acceptors (Lipinski definition) is 0. The van der Waals surface area contributed by atoms with Gasteiger partial charge in [0.15, 0.2) is 0 Å². The molecule has 0 aliphatic heterocycles. The first-order valence-electron chi connectivity index (χ1n) is 4.56. The van der Waals surface area contributed by atoms with E-state index >= 15 is 0 Å². The second kappa shape index (κ2) is 4.78. The predicted octanol–water partition coefficient (Wildman–Crippen LogP) is 3.08. The van der Waals surface area contributed by atoms with Crippen LogP contribution in [0.3, 0.4) is 0 Å². The van der Waals surface area contributed by atoms with Gasteiger partial charge in [0.2, 0.25) is 0 Å². The molecule has 0 aliphatic carbocycles. The molecule has 0 bridgehead atoms. The van der Waals surface area contributed by atoms with Crippen LogP contribution in [0.1, 0.15) is 0 Å². The summed E-state index contributed by atoms with van der Waals surface area (Å²) in [6, 6.07) is 21.1. The van der Waals surface area contributed by atoms with Crippen molar-refractivity contribution in [1.29, 1.82) is 0 Å². The second-order valence-corrected chi connectivity index (χ2v) is 14.6. The maximum absolute atomic E-state index is 3.31. The third kappa shape index (κ3) is 2.50. The Kier molecular flexibility index (Phi) is 3.60. The van der Waals surface area contributed by atoms with E-state index in [9.17, 15) is 0 Å². The van der Waals surface area contributed by atoms with Gasteiger partial charge in [-0.15, -0.1) is 0 Å².